The third kappa shape index (κ3) is 5.01. The van der Waals surface area contributed by atoms with E-state index in [2.05, 4.69) is 5.16 Å². The van der Waals surface area contributed by atoms with E-state index in [0.29, 0.717) is 44.8 Å². The number of aryl methyl sites for hydroxylation is 3. The zero-order chi connectivity index (χ0) is 21.7. The molecule has 1 saturated heterocycles. The second-order valence-electron chi connectivity index (χ2n) is 7.87. The van der Waals surface area contributed by atoms with Crippen LogP contribution in [0.4, 0.5) is 0 Å². The first kappa shape index (κ1) is 21.9. The van der Waals surface area contributed by atoms with Crippen molar-refractivity contribution in [2.24, 2.45) is 0 Å². The van der Waals surface area contributed by atoms with Crippen molar-refractivity contribution in [3.05, 3.63) is 46.8 Å². The van der Waals surface area contributed by atoms with Gasteiger partial charge < -0.3 is 19.1 Å². The van der Waals surface area contributed by atoms with Crippen LogP contribution in [0.5, 0.6) is 5.75 Å². The number of aromatic nitrogens is 1. The maximum absolute atomic E-state index is 13.0. The van der Waals surface area contributed by atoms with Crippen LogP contribution >= 0.6 is 0 Å². The molecule has 1 aliphatic heterocycles. The summed E-state index contributed by atoms with van der Waals surface area (Å²) in [7, 11) is 1.64. The number of hydrogen-bond acceptors (Lipinski definition) is 5. The number of ether oxygens (including phenoxy) is 1. The number of carbonyl (C=O) groups is 2. The summed E-state index contributed by atoms with van der Waals surface area (Å²) < 4.78 is 10.4. The maximum atomic E-state index is 13.0. The third-order valence-electron chi connectivity index (χ3n) is 5.84. The largest absolute Gasteiger partial charge is 0.497 e. The highest BCUT2D eigenvalue weighted by Gasteiger charge is 2.29. The number of amides is 2. The SMILES string of the molecule is COc1ccc(CCC(=O)N2CCCN(C(=O)C(C)c3c(C)noc3C)CC2)cc1. The number of methoxy groups -OCH3 is 1. The van der Waals surface area contributed by atoms with E-state index in [1.54, 1.807) is 7.11 Å². The van der Waals surface area contributed by atoms with Gasteiger partial charge in [-0.15, -0.1) is 0 Å². The molecule has 0 N–H and O–H groups in total. The zero-order valence-electron chi connectivity index (χ0n) is 18.3. The van der Waals surface area contributed by atoms with Crippen LogP contribution < -0.4 is 4.74 Å². The minimum Gasteiger partial charge on any atom is -0.497 e. The van der Waals surface area contributed by atoms with Gasteiger partial charge in [-0.05, 0) is 51.3 Å². The Bertz CT molecular complexity index is 856. The molecule has 1 aromatic heterocycles. The fourth-order valence-corrected chi connectivity index (χ4v) is 4.09. The van der Waals surface area contributed by atoms with Crippen molar-refractivity contribution in [3.63, 3.8) is 0 Å². The highest BCUT2D eigenvalue weighted by atomic mass is 16.5. The standard InChI is InChI=1S/C23H31N3O4/c1-16(22-17(2)24-30-18(22)3)23(28)26-13-5-12-25(14-15-26)21(27)11-8-19-6-9-20(29-4)10-7-19/h6-7,9-10,16H,5,8,11-15H2,1-4H3. The van der Waals surface area contributed by atoms with Gasteiger partial charge in [-0.3, -0.25) is 9.59 Å². The zero-order valence-corrected chi connectivity index (χ0v) is 18.3. The smallest absolute Gasteiger partial charge is 0.230 e. The van der Waals surface area contributed by atoms with Crippen LogP contribution in [0.1, 0.15) is 48.3 Å². The van der Waals surface area contributed by atoms with Crippen LogP contribution in [0.3, 0.4) is 0 Å². The number of carbonyl (C=O) groups excluding carboxylic acids is 2. The first-order valence-electron chi connectivity index (χ1n) is 10.5. The summed E-state index contributed by atoms with van der Waals surface area (Å²) in [4.78, 5) is 29.5. The van der Waals surface area contributed by atoms with Gasteiger partial charge in [0.1, 0.15) is 11.5 Å². The summed E-state index contributed by atoms with van der Waals surface area (Å²) >= 11 is 0. The molecular weight excluding hydrogens is 382 g/mol. The van der Waals surface area contributed by atoms with Crippen LogP contribution in [0.25, 0.3) is 0 Å². The Kier molecular flexibility index (Phi) is 7.13. The summed E-state index contributed by atoms with van der Waals surface area (Å²) in [6.45, 7) is 8.08. The molecule has 0 saturated carbocycles. The molecule has 0 radical (unpaired) electrons. The van der Waals surface area contributed by atoms with E-state index in [4.69, 9.17) is 9.26 Å². The molecule has 7 nitrogen and oxygen atoms in total. The van der Waals surface area contributed by atoms with Gasteiger partial charge in [-0.1, -0.05) is 17.3 Å². The van der Waals surface area contributed by atoms with Gasteiger partial charge >= 0.3 is 0 Å². The molecule has 2 aromatic rings. The Balaban J connectivity index is 1.53. The second-order valence-corrected chi connectivity index (χ2v) is 7.87. The van der Waals surface area contributed by atoms with Crippen molar-refractivity contribution in [2.75, 3.05) is 33.3 Å². The molecule has 1 unspecified atom stereocenters. The van der Waals surface area contributed by atoms with Crippen LogP contribution in [-0.2, 0) is 16.0 Å². The third-order valence-corrected chi connectivity index (χ3v) is 5.84. The maximum Gasteiger partial charge on any atom is 0.230 e. The van der Waals surface area contributed by atoms with E-state index in [9.17, 15) is 9.59 Å². The van der Waals surface area contributed by atoms with Gasteiger partial charge in [0.25, 0.3) is 0 Å². The highest BCUT2D eigenvalue weighted by molar-refractivity contribution is 5.84. The lowest BCUT2D eigenvalue weighted by atomic mass is 9.98. The molecule has 3 rings (SSSR count). The van der Waals surface area contributed by atoms with Crippen LogP contribution in [-0.4, -0.2) is 60.1 Å². The van der Waals surface area contributed by atoms with E-state index in [0.717, 1.165) is 29.0 Å². The molecule has 0 spiro atoms. The number of rotatable bonds is 6. The molecule has 162 valence electrons. The van der Waals surface area contributed by atoms with Crippen molar-refractivity contribution in [1.29, 1.82) is 0 Å². The summed E-state index contributed by atoms with van der Waals surface area (Å²) in [5.41, 5.74) is 2.75. The quantitative estimate of drug-likeness (QED) is 0.727. The molecular formula is C23H31N3O4. The molecule has 7 heteroatoms. The lowest BCUT2D eigenvalue weighted by Crippen LogP contribution is -2.39. The van der Waals surface area contributed by atoms with Gasteiger partial charge in [-0.2, -0.15) is 0 Å². The van der Waals surface area contributed by atoms with E-state index >= 15 is 0 Å². The summed E-state index contributed by atoms with van der Waals surface area (Å²) in [6, 6.07) is 7.81. The monoisotopic (exact) mass is 413 g/mol. The van der Waals surface area contributed by atoms with Crippen LogP contribution in [0.2, 0.25) is 0 Å². The predicted octanol–water partition coefficient (Wildman–Crippen LogP) is 3.10. The van der Waals surface area contributed by atoms with E-state index in [1.807, 2.05) is 54.8 Å². The number of nitrogens with zero attached hydrogens (tertiary/aromatic N) is 3. The summed E-state index contributed by atoms with van der Waals surface area (Å²) in [5.74, 6) is 1.41. The molecule has 0 aliphatic carbocycles. The second kappa shape index (κ2) is 9.78. The number of benzene rings is 1. The summed E-state index contributed by atoms with van der Waals surface area (Å²) in [5, 5.41) is 3.97. The lowest BCUT2D eigenvalue weighted by molar-refractivity contribution is -0.134. The Morgan fingerprint density at radius 2 is 1.77 bits per heavy atom. The molecule has 1 fully saturated rings. The first-order valence-corrected chi connectivity index (χ1v) is 10.5. The molecule has 1 aromatic carbocycles. The average Bonchev–Trinajstić information content (AvgIpc) is 2.95. The van der Waals surface area contributed by atoms with Gasteiger partial charge in [-0.25, -0.2) is 0 Å². The van der Waals surface area contributed by atoms with Gasteiger partial charge in [0.2, 0.25) is 11.8 Å². The molecule has 30 heavy (non-hydrogen) atoms. The fourth-order valence-electron chi connectivity index (χ4n) is 4.09. The molecule has 1 atom stereocenters. The van der Waals surface area contributed by atoms with Gasteiger partial charge in [0.15, 0.2) is 0 Å². The number of hydrogen-bond donors (Lipinski definition) is 0. The van der Waals surface area contributed by atoms with E-state index in [-0.39, 0.29) is 17.7 Å². The minimum atomic E-state index is -0.298. The average molecular weight is 414 g/mol. The molecule has 1 aliphatic rings. The van der Waals surface area contributed by atoms with E-state index in [1.165, 1.54) is 0 Å². The van der Waals surface area contributed by atoms with E-state index < -0.39 is 0 Å². The van der Waals surface area contributed by atoms with Crippen molar-refractivity contribution in [2.45, 2.75) is 46.0 Å². The first-order chi connectivity index (χ1) is 14.4. The Morgan fingerprint density at radius 3 is 2.40 bits per heavy atom. The Hall–Kier alpha value is -2.83. The van der Waals surface area contributed by atoms with Crippen molar-refractivity contribution >= 4 is 11.8 Å². The van der Waals surface area contributed by atoms with Gasteiger partial charge in [0.05, 0.1) is 18.7 Å². The highest BCUT2D eigenvalue weighted by Crippen LogP contribution is 2.25. The Labute approximate surface area is 178 Å². The summed E-state index contributed by atoms with van der Waals surface area (Å²) in [6.07, 6.45) is 1.95. The van der Waals surface area contributed by atoms with Crippen molar-refractivity contribution in [1.82, 2.24) is 15.0 Å². The topological polar surface area (TPSA) is 75.9 Å². The lowest BCUT2D eigenvalue weighted by Gasteiger charge is -2.25. The molecule has 2 heterocycles. The minimum absolute atomic E-state index is 0.0666. The van der Waals surface area contributed by atoms with Crippen molar-refractivity contribution < 1.29 is 18.8 Å². The predicted molar refractivity (Wildman–Crippen MR) is 113 cm³/mol. The molecule has 2 amide bonds. The fraction of sp³-hybridized carbons (Fsp3) is 0.522. The van der Waals surface area contributed by atoms with Crippen molar-refractivity contribution in [3.8, 4) is 5.75 Å². The normalized spacial score (nSPS) is 15.6. The van der Waals surface area contributed by atoms with Crippen LogP contribution in [0.15, 0.2) is 28.8 Å². The van der Waals surface area contributed by atoms with Crippen LogP contribution in [0, 0.1) is 13.8 Å². The molecule has 0 bridgehead atoms. The Morgan fingerprint density at radius 1 is 1.10 bits per heavy atom. The van der Waals surface area contributed by atoms with Gasteiger partial charge in [0, 0.05) is 38.2 Å².